The molecule has 0 bridgehead atoms. The minimum Gasteiger partial charge on any atom is -0.497 e. The summed E-state index contributed by atoms with van der Waals surface area (Å²) in [6.45, 7) is 6.73. The molecule has 6 atom stereocenters. The van der Waals surface area contributed by atoms with Crippen molar-refractivity contribution in [3.05, 3.63) is 83.1 Å². The molecule has 1 saturated heterocycles. The number of amides is 2. The normalized spacial score (nSPS) is 21.8. The maximum Gasteiger partial charge on any atom is 0.335 e. The second-order valence-corrected chi connectivity index (χ2v) is 22.4. The van der Waals surface area contributed by atoms with E-state index in [1.165, 1.54) is 35.1 Å². The van der Waals surface area contributed by atoms with Gasteiger partial charge in [0.25, 0.3) is 11.8 Å². The van der Waals surface area contributed by atoms with Crippen LogP contribution >= 0.6 is 0 Å². The monoisotopic (exact) mass is 902 g/mol. The van der Waals surface area contributed by atoms with Crippen LogP contribution in [0.15, 0.2) is 60.8 Å². The van der Waals surface area contributed by atoms with Crippen LogP contribution in [0.3, 0.4) is 0 Å². The number of ether oxygens (including phenoxy) is 7. The van der Waals surface area contributed by atoms with Gasteiger partial charge in [-0.05, 0) is 72.0 Å². The summed E-state index contributed by atoms with van der Waals surface area (Å²) in [7, 11) is 1.63. The minimum atomic E-state index is -1.89. The van der Waals surface area contributed by atoms with Gasteiger partial charge in [0, 0.05) is 45.4 Å². The van der Waals surface area contributed by atoms with Crippen molar-refractivity contribution < 1.29 is 72.8 Å². The van der Waals surface area contributed by atoms with Gasteiger partial charge in [-0.15, -0.1) is 6.42 Å². The van der Waals surface area contributed by atoms with E-state index in [4.69, 9.17) is 39.6 Å². The molecule has 2 amide bonds. The Morgan fingerprint density at radius 1 is 0.922 bits per heavy atom. The van der Waals surface area contributed by atoms with Gasteiger partial charge >= 0.3 is 11.9 Å². The van der Waals surface area contributed by atoms with E-state index >= 15 is 0 Å². The van der Waals surface area contributed by atoms with Crippen molar-refractivity contribution in [2.75, 3.05) is 39.1 Å². The Morgan fingerprint density at radius 3 is 2.33 bits per heavy atom. The average molecular weight is 903 g/mol. The predicted molar refractivity (Wildman–Crippen MR) is 233 cm³/mol. The van der Waals surface area contributed by atoms with Crippen LogP contribution in [0.2, 0.25) is 25.7 Å². The smallest absolute Gasteiger partial charge is 0.335 e. The molecule has 3 aliphatic heterocycles. The minimum absolute atomic E-state index is 0.00598. The second kappa shape index (κ2) is 20.7. The van der Waals surface area contributed by atoms with Crippen LogP contribution in [-0.2, 0) is 41.6 Å². The number of aliphatic hydroxyl groups is 3. The highest BCUT2D eigenvalue weighted by molar-refractivity contribution is 6.76. The molecule has 1 unspecified atom stereocenters. The summed E-state index contributed by atoms with van der Waals surface area (Å²) in [4.78, 5) is 56.4. The van der Waals surface area contributed by atoms with Crippen molar-refractivity contribution in [1.29, 1.82) is 0 Å². The van der Waals surface area contributed by atoms with E-state index in [0.29, 0.717) is 54.2 Å². The molecule has 0 radical (unpaired) electrons. The summed E-state index contributed by atoms with van der Waals surface area (Å²) in [5.74, 6) is 0.896. The zero-order chi connectivity index (χ0) is 46.3. The van der Waals surface area contributed by atoms with Gasteiger partial charge < -0.3 is 58.5 Å². The van der Waals surface area contributed by atoms with Crippen LogP contribution in [0.5, 0.6) is 23.0 Å². The molecule has 17 nitrogen and oxygen atoms in total. The lowest BCUT2D eigenvalue weighted by molar-refractivity contribution is -0.271. The van der Waals surface area contributed by atoms with Crippen molar-refractivity contribution in [3.63, 3.8) is 0 Å². The fourth-order valence-electron chi connectivity index (χ4n) is 7.44. The number of fused-ring (bicyclic) bond motifs is 2. The molecule has 342 valence electrons. The molecule has 3 aliphatic rings. The van der Waals surface area contributed by atoms with E-state index in [1.54, 1.807) is 25.4 Å². The van der Waals surface area contributed by atoms with E-state index in [9.17, 15) is 39.6 Å². The number of carbonyl (C=O) groups excluding carboxylic acids is 3. The molecular weight excluding hydrogens is 849 g/mol. The third-order valence-corrected chi connectivity index (χ3v) is 12.8. The van der Waals surface area contributed by atoms with Gasteiger partial charge in [0.1, 0.15) is 67.3 Å². The fraction of sp³-hybridized carbons (Fsp3) is 0.435. The van der Waals surface area contributed by atoms with Crippen molar-refractivity contribution in [2.24, 2.45) is 0 Å². The number of aliphatic carboxylic acids is 1. The first-order valence-corrected chi connectivity index (χ1v) is 24.5. The summed E-state index contributed by atoms with van der Waals surface area (Å²) in [6, 6.07) is 15.2. The molecule has 1 fully saturated rings. The number of aliphatic hydroxyl groups excluding tert-OH is 3. The first-order valence-electron chi connectivity index (χ1n) is 20.7. The summed E-state index contributed by atoms with van der Waals surface area (Å²) in [6.07, 6.45) is -0.972. The van der Waals surface area contributed by atoms with Gasteiger partial charge in [-0.25, -0.2) is 4.79 Å². The zero-order valence-electron chi connectivity index (χ0n) is 36.4. The lowest BCUT2D eigenvalue weighted by atomic mass is 9.99. The second-order valence-electron chi connectivity index (χ2n) is 16.7. The lowest BCUT2D eigenvalue weighted by Gasteiger charge is -2.38. The summed E-state index contributed by atoms with van der Waals surface area (Å²) < 4.78 is 39.2. The Morgan fingerprint density at radius 2 is 1.66 bits per heavy atom. The number of anilines is 1. The number of carboxylic acids is 1. The first kappa shape index (κ1) is 47.5. The molecule has 4 N–H and O–H groups in total. The van der Waals surface area contributed by atoms with Gasteiger partial charge in [0.15, 0.2) is 6.10 Å². The van der Waals surface area contributed by atoms with Crippen LogP contribution in [0.1, 0.15) is 46.3 Å². The van der Waals surface area contributed by atoms with E-state index in [1.807, 2.05) is 24.3 Å². The fourth-order valence-corrected chi connectivity index (χ4v) is 8.19. The molecule has 0 spiro atoms. The number of carboxylic acid groups (broad SMARTS) is 1. The molecule has 6 rings (SSSR count). The Hall–Kier alpha value is -5.94. The van der Waals surface area contributed by atoms with Crippen molar-refractivity contribution >= 4 is 43.1 Å². The van der Waals surface area contributed by atoms with E-state index in [2.05, 4.69) is 25.6 Å². The Balaban J connectivity index is 1.15. The average Bonchev–Trinajstić information content (AvgIpc) is 3.70. The largest absolute Gasteiger partial charge is 0.497 e. The van der Waals surface area contributed by atoms with Crippen molar-refractivity contribution in [2.45, 2.75) is 94.7 Å². The molecule has 3 heterocycles. The summed E-state index contributed by atoms with van der Waals surface area (Å²) in [5.41, 5.74) is 3.45. The maximum absolute atomic E-state index is 14.5. The number of terminal acetylenes is 1. The topological polar surface area (TPSA) is 220 Å². The molecule has 0 saturated carbocycles. The summed E-state index contributed by atoms with van der Waals surface area (Å²) >= 11 is 0. The SMILES string of the molecule is C#CCOc1cc(O[C@@H]2O[C@H](C(=O)O)[C@@H](O)[C@H](O)[C@H]2O)ccc1COC(=O)CCCc1cc2c(cc1OC)C(=O)N1C=C(c3ccc(OC)cc3)CC1C(=O)N2COCC[Si](C)(C)C. The van der Waals surface area contributed by atoms with Gasteiger partial charge in [0.05, 0.1) is 25.5 Å². The van der Waals surface area contributed by atoms with Crippen LogP contribution in [-0.4, -0.2) is 128 Å². The van der Waals surface area contributed by atoms with Gasteiger partial charge in [-0.3, -0.25) is 19.3 Å². The number of aryl methyl sites for hydroxylation is 1. The number of methoxy groups -OCH3 is 2. The number of carbonyl (C=O) groups is 4. The van der Waals surface area contributed by atoms with Crippen LogP contribution in [0.4, 0.5) is 5.69 Å². The number of hydrogen-bond acceptors (Lipinski definition) is 14. The Labute approximate surface area is 372 Å². The highest BCUT2D eigenvalue weighted by Crippen LogP contribution is 2.40. The van der Waals surface area contributed by atoms with Crippen LogP contribution in [0, 0.1) is 12.3 Å². The number of rotatable bonds is 19. The third kappa shape index (κ3) is 11.0. The lowest BCUT2D eigenvalue weighted by Crippen LogP contribution is -2.61. The van der Waals surface area contributed by atoms with Gasteiger partial charge in [-0.1, -0.05) is 37.7 Å². The standard InChI is InChI=1S/C46H54N2O15Si/c1-7-17-60-37-22-32(62-46-41(52)39(50)40(51)42(63-46)45(55)56)16-13-29(37)25-61-38(49)10-8-9-28-20-34-33(23-36(28)58-3)43(53)47-24-30(27-11-14-31(57-2)15-12-27)21-35(47)44(54)48(34)26-59-18-19-64(4,5)6/h1,11-16,20,22-24,35,39-42,46,50-52H,8-10,17-19,21,25-26H2,2-6H3,(H,55,56)/t35?,39-,40-,41+,42-,46+/m0/s1. The van der Waals surface area contributed by atoms with Crippen LogP contribution in [0.25, 0.3) is 5.57 Å². The van der Waals surface area contributed by atoms with E-state index in [-0.39, 0.29) is 55.2 Å². The molecule has 3 aromatic carbocycles. The van der Waals surface area contributed by atoms with Crippen molar-refractivity contribution in [3.8, 4) is 35.3 Å². The molecular formula is C46H54N2O15Si. The highest BCUT2D eigenvalue weighted by atomic mass is 28.3. The quantitative estimate of drug-likeness (QED) is 0.0579. The van der Waals surface area contributed by atoms with Crippen molar-refractivity contribution in [1.82, 2.24) is 4.90 Å². The van der Waals surface area contributed by atoms with Gasteiger partial charge in [-0.2, -0.15) is 0 Å². The molecule has 0 aromatic heterocycles. The summed E-state index contributed by atoms with van der Waals surface area (Å²) in [5, 5.41) is 39.9. The molecule has 0 aliphatic carbocycles. The zero-order valence-corrected chi connectivity index (χ0v) is 37.4. The number of hydrogen-bond donors (Lipinski definition) is 4. The Kier molecular flexibility index (Phi) is 15.4. The molecule has 3 aromatic rings. The number of esters is 1. The molecule has 18 heteroatoms. The highest BCUT2D eigenvalue weighted by Gasteiger charge is 2.48. The number of benzene rings is 3. The maximum atomic E-state index is 14.5. The number of nitrogens with zero attached hydrogens (tertiary/aromatic N) is 2. The van der Waals surface area contributed by atoms with Gasteiger partial charge in [0.2, 0.25) is 6.29 Å². The molecule has 64 heavy (non-hydrogen) atoms. The Bertz CT molecular complexity index is 2270. The third-order valence-electron chi connectivity index (χ3n) is 11.1. The predicted octanol–water partition coefficient (Wildman–Crippen LogP) is 3.97. The van der Waals surface area contributed by atoms with E-state index in [0.717, 1.165) is 17.2 Å². The van der Waals surface area contributed by atoms with Crippen LogP contribution < -0.4 is 23.8 Å². The van der Waals surface area contributed by atoms with E-state index < -0.39 is 56.8 Å². The first-order chi connectivity index (χ1) is 30.5.